The second kappa shape index (κ2) is 6.30. The van der Waals surface area contributed by atoms with Crippen LogP contribution in [0.5, 0.6) is 0 Å². The number of nitrogens with one attached hydrogen (secondary N) is 1. The number of nitrogens with zero attached hydrogens (tertiary/aromatic N) is 1. The van der Waals surface area contributed by atoms with Gasteiger partial charge in [-0.1, -0.05) is 0 Å². The Morgan fingerprint density at radius 2 is 2.14 bits per heavy atom. The molecule has 2 N–H and O–H groups in total. The lowest BCUT2D eigenvalue weighted by atomic mass is 10.0. The third-order valence-corrected chi connectivity index (χ3v) is 3.93. The molecular formula is C15H22N2O4. The molecule has 1 saturated heterocycles. The number of rotatable bonds is 4. The predicted molar refractivity (Wildman–Crippen MR) is 77.8 cm³/mol. The molecule has 1 aliphatic heterocycles. The minimum atomic E-state index is -1.04. The van der Waals surface area contributed by atoms with E-state index in [0.717, 1.165) is 12.8 Å². The Labute approximate surface area is 124 Å². The summed E-state index contributed by atoms with van der Waals surface area (Å²) in [6.45, 7) is 7.24. The Kier molecular flexibility index (Phi) is 4.67. The third-order valence-electron chi connectivity index (χ3n) is 3.93. The molecule has 1 aromatic heterocycles. The average molecular weight is 294 g/mol. The van der Waals surface area contributed by atoms with Crippen molar-refractivity contribution >= 4 is 11.9 Å². The molecule has 0 aliphatic carbocycles. The Bertz CT molecular complexity index is 548. The minimum absolute atomic E-state index is 0.0752. The molecular weight excluding hydrogens is 272 g/mol. The highest BCUT2D eigenvalue weighted by molar-refractivity contribution is 6.00. The van der Waals surface area contributed by atoms with Crippen molar-refractivity contribution in [1.29, 1.82) is 0 Å². The maximum absolute atomic E-state index is 12.7. The molecule has 1 atom stereocenters. The van der Waals surface area contributed by atoms with Gasteiger partial charge in [-0.05, 0) is 39.2 Å². The van der Waals surface area contributed by atoms with Crippen LogP contribution >= 0.6 is 0 Å². The molecule has 6 heteroatoms. The molecule has 21 heavy (non-hydrogen) atoms. The van der Waals surface area contributed by atoms with Gasteiger partial charge in [0.1, 0.15) is 5.69 Å². The molecule has 0 bridgehead atoms. The number of amides is 1. The number of aromatic amines is 1. The zero-order chi connectivity index (χ0) is 15.6. The Balaban J connectivity index is 2.22. The number of ether oxygens (including phenoxy) is 1. The number of carboxylic acid groups (broad SMARTS) is 1. The Hall–Kier alpha value is -1.82. The molecule has 0 spiro atoms. The van der Waals surface area contributed by atoms with Crippen molar-refractivity contribution in [2.75, 3.05) is 19.7 Å². The van der Waals surface area contributed by atoms with E-state index in [4.69, 9.17) is 9.84 Å². The second-order valence-corrected chi connectivity index (χ2v) is 5.40. The van der Waals surface area contributed by atoms with E-state index in [9.17, 15) is 9.59 Å². The van der Waals surface area contributed by atoms with Crippen LogP contribution in [-0.4, -0.2) is 52.7 Å². The highest BCUT2D eigenvalue weighted by atomic mass is 16.5. The largest absolute Gasteiger partial charge is 0.477 e. The Morgan fingerprint density at radius 1 is 1.43 bits per heavy atom. The topological polar surface area (TPSA) is 82.6 Å². The maximum atomic E-state index is 12.7. The average Bonchev–Trinajstić information content (AvgIpc) is 2.74. The van der Waals surface area contributed by atoms with Crippen LogP contribution in [-0.2, 0) is 4.74 Å². The number of aromatic nitrogens is 1. The lowest BCUT2D eigenvalue weighted by Gasteiger charge is -2.32. The molecule has 0 radical (unpaired) electrons. The van der Waals surface area contributed by atoms with Crippen LogP contribution in [0.3, 0.4) is 0 Å². The molecule has 6 nitrogen and oxygen atoms in total. The summed E-state index contributed by atoms with van der Waals surface area (Å²) < 4.78 is 5.61. The van der Waals surface area contributed by atoms with Crippen LogP contribution in [0, 0.1) is 13.8 Å². The van der Waals surface area contributed by atoms with E-state index < -0.39 is 5.97 Å². The number of H-pyrrole nitrogens is 1. The summed E-state index contributed by atoms with van der Waals surface area (Å²) in [5, 5.41) is 9.13. The molecule has 1 aliphatic rings. The summed E-state index contributed by atoms with van der Waals surface area (Å²) >= 11 is 0. The SMILES string of the molecule is CCOC1CCCN(C(=O)c2c(C)[nH]c(C(=O)O)c2C)C1. The summed E-state index contributed by atoms with van der Waals surface area (Å²) in [5.74, 6) is -1.15. The van der Waals surface area contributed by atoms with Crippen molar-refractivity contribution in [2.24, 2.45) is 0 Å². The first-order valence-electron chi connectivity index (χ1n) is 7.29. The van der Waals surface area contributed by atoms with Gasteiger partial charge in [-0.3, -0.25) is 4.79 Å². The van der Waals surface area contributed by atoms with Gasteiger partial charge in [0.25, 0.3) is 5.91 Å². The standard InChI is InChI=1S/C15H22N2O4/c1-4-21-11-6-5-7-17(8-11)14(18)12-9(2)13(15(19)20)16-10(12)3/h11,16H,4-8H2,1-3H3,(H,19,20). The fraction of sp³-hybridized carbons (Fsp3) is 0.600. The van der Waals surface area contributed by atoms with Gasteiger partial charge in [0, 0.05) is 25.4 Å². The summed E-state index contributed by atoms with van der Waals surface area (Å²) in [5.41, 5.74) is 1.68. The number of aromatic carboxylic acids is 1. The van der Waals surface area contributed by atoms with Gasteiger partial charge in [0.05, 0.1) is 11.7 Å². The van der Waals surface area contributed by atoms with E-state index in [2.05, 4.69) is 4.98 Å². The van der Waals surface area contributed by atoms with Gasteiger partial charge in [-0.15, -0.1) is 0 Å². The van der Waals surface area contributed by atoms with Gasteiger partial charge < -0.3 is 19.7 Å². The summed E-state index contributed by atoms with van der Waals surface area (Å²) in [7, 11) is 0. The molecule has 116 valence electrons. The quantitative estimate of drug-likeness (QED) is 0.889. The van der Waals surface area contributed by atoms with Crippen LogP contribution in [0.15, 0.2) is 0 Å². The van der Waals surface area contributed by atoms with Crippen LogP contribution in [0.25, 0.3) is 0 Å². The summed E-state index contributed by atoms with van der Waals surface area (Å²) in [6, 6.07) is 0. The highest BCUT2D eigenvalue weighted by Crippen LogP contribution is 2.22. The summed E-state index contributed by atoms with van der Waals surface area (Å²) in [6.07, 6.45) is 1.94. The predicted octanol–water partition coefficient (Wildman–Crippen LogP) is 1.97. The van der Waals surface area contributed by atoms with Crippen molar-refractivity contribution < 1.29 is 19.4 Å². The van der Waals surface area contributed by atoms with E-state index in [1.807, 2.05) is 6.92 Å². The first kappa shape index (κ1) is 15.6. The normalized spacial score (nSPS) is 18.8. The molecule has 2 heterocycles. The second-order valence-electron chi connectivity index (χ2n) is 5.40. The van der Waals surface area contributed by atoms with Gasteiger partial charge in [0.15, 0.2) is 0 Å². The highest BCUT2D eigenvalue weighted by Gasteiger charge is 2.29. The van der Waals surface area contributed by atoms with Gasteiger partial charge in [-0.2, -0.15) is 0 Å². The molecule has 2 rings (SSSR count). The number of hydrogen-bond acceptors (Lipinski definition) is 3. The number of likely N-dealkylation sites (tertiary alicyclic amines) is 1. The molecule has 1 amide bonds. The molecule has 1 fully saturated rings. The van der Waals surface area contributed by atoms with E-state index >= 15 is 0 Å². The monoisotopic (exact) mass is 294 g/mol. The van der Waals surface area contributed by atoms with Crippen molar-refractivity contribution in [2.45, 2.75) is 39.7 Å². The number of carbonyl (C=O) groups is 2. The van der Waals surface area contributed by atoms with Crippen molar-refractivity contribution in [3.8, 4) is 0 Å². The number of hydrogen-bond donors (Lipinski definition) is 2. The van der Waals surface area contributed by atoms with Crippen LogP contribution in [0.1, 0.15) is 51.9 Å². The molecule has 1 aromatic rings. The van der Waals surface area contributed by atoms with Gasteiger partial charge in [-0.25, -0.2) is 4.79 Å². The van der Waals surface area contributed by atoms with Crippen molar-refractivity contribution in [3.63, 3.8) is 0 Å². The number of aryl methyl sites for hydroxylation is 1. The van der Waals surface area contributed by atoms with Crippen LogP contribution in [0.4, 0.5) is 0 Å². The van der Waals surface area contributed by atoms with Crippen LogP contribution < -0.4 is 0 Å². The number of carboxylic acids is 1. The van der Waals surface area contributed by atoms with Gasteiger partial charge >= 0.3 is 5.97 Å². The summed E-state index contributed by atoms with van der Waals surface area (Å²) in [4.78, 5) is 28.4. The van der Waals surface area contributed by atoms with Crippen LogP contribution in [0.2, 0.25) is 0 Å². The molecule has 0 saturated carbocycles. The van der Waals surface area contributed by atoms with Gasteiger partial charge in [0.2, 0.25) is 0 Å². The van der Waals surface area contributed by atoms with E-state index in [-0.39, 0.29) is 17.7 Å². The first-order chi connectivity index (χ1) is 9.95. The van der Waals surface area contributed by atoms with E-state index in [1.54, 1.807) is 18.7 Å². The van der Waals surface area contributed by atoms with E-state index in [0.29, 0.717) is 36.5 Å². The molecule has 0 aromatic carbocycles. The smallest absolute Gasteiger partial charge is 0.352 e. The Morgan fingerprint density at radius 3 is 2.71 bits per heavy atom. The maximum Gasteiger partial charge on any atom is 0.352 e. The zero-order valence-corrected chi connectivity index (χ0v) is 12.7. The fourth-order valence-electron chi connectivity index (χ4n) is 2.94. The fourth-order valence-corrected chi connectivity index (χ4v) is 2.94. The van der Waals surface area contributed by atoms with Crippen molar-refractivity contribution in [3.05, 3.63) is 22.5 Å². The lowest BCUT2D eigenvalue weighted by Crippen LogP contribution is -2.43. The number of piperidine rings is 1. The molecule has 1 unspecified atom stereocenters. The third kappa shape index (κ3) is 3.10. The van der Waals surface area contributed by atoms with Crippen molar-refractivity contribution in [1.82, 2.24) is 9.88 Å². The number of carbonyl (C=O) groups excluding carboxylic acids is 1. The van der Waals surface area contributed by atoms with E-state index in [1.165, 1.54) is 0 Å². The first-order valence-corrected chi connectivity index (χ1v) is 7.29. The lowest BCUT2D eigenvalue weighted by molar-refractivity contribution is 0.00719. The minimum Gasteiger partial charge on any atom is -0.477 e. The zero-order valence-electron chi connectivity index (χ0n) is 12.7.